The Morgan fingerprint density at radius 3 is 1.43 bits per heavy atom. The van der Waals surface area contributed by atoms with Gasteiger partial charge in [-0.05, 0) is 89.5 Å². The van der Waals surface area contributed by atoms with Gasteiger partial charge in [0.1, 0.15) is 0 Å². The molecule has 2 aromatic heterocycles. The van der Waals surface area contributed by atoms with Crippen molar-refractivity contribution in [3.05, 3.63) is 206 Å². The molecule has 0 N–H and O–H groups in total. The highest BCUT2D eigenvalue weighted by Crippen LogP contribution is 2.42. The van der Waals surface area contributed by atoms with Gasteiger partial charge in [-0.1, -0.05) is 127 Å². The van der Waals surface area contributed by atoms with Crippen molar-refractivity contribution in [3.63, 3.8) is 0 Å². The van der Waals surface area contributed by atoms with E-state index in [4.69, 9.17) is 0 Å². The number of benzene rings is 7. The third-order valence-electron chi connectivity index (χ3n) is 11.2. The van der Waals surface area contributed by atoms with Crippen LogP contribution < -0.4 is 4.90 Å². The molecule has 53 heavy (non-hydrogen) atoms. The minimum Gasteiger partial charge on any atom is -0.333 e. The van der Waals surface area contributed by atoms with Crippen LogP contribution in [0.25, 0.3) is 71.8 Å². The summed E-state index contributed by atoms with van der Waals surface area (Å²) in [4.78, 5) is 2.48. The Morgan fingerprint density at radius 2 is 0.830 bits per heavy atom. The van der Waals surface area contributed by atoms with Crippen molar-refractivity contribution < 1.29 is 0 Å². The van der Waals surface area contributed by atoms with Crippen molar-refractivity contribution >= 4 is 55.0 Å². The molecule has 0 spiro atoms. The van der Waals surface area contributed by atoms with Crippen LogP contribution in [0.1, 0.15) is 5.56 Å². The minimum atomic E-state index is 0.284. The lowest BCUT2D eigenvalue weighted by molar-refractivity contribution is 0.705. The molecule has 3 nitrogen and oxygen atoms in total. The zero-order chi connectivity index (χ0) is 34.9. The Morgan fingerprint density at radius 1 is 0.358 bits per heavy atom. The fraction of sp³-hybridized carbons (Fsp3) is 0.0400. The van der Waals surface area contributed by atoms with Crippen LogP contribution in [0.3, 0.4) is 0 Å². The molecule has 250 valence electrons. The van der Waals surface area contributed by atoms with Crippen LogP contribution in [0.2, 0.25) is 0 Å². The maximum absolute atomic E-state index is 2.48. The molecule has 0 bridgehead atoms. The van der Waals surface area contributed by atoms with Crippen molar-refractivity contribution in [1.82, 2.24) is 9.13 Å². The predicted octanol–water partition coefficient (Wildman–Crippen LogP) is 12.5. The lowest BCUT2D eigenvalue weighted by Crippen LogP contribution is -2.32. The molecule has 11 rings (SSSR count). The molecule has 1 aliphatic carbocycles. The number of rotatable bonds is 5. The van der Waals surface area contributed by atoms with E-state index in [9.17, 15) is 0 Å². The van der Waals surface area contributed by atoms with E-state index in [-0.39, 0.29) is 6.04 Å². The Bertz CT molecular complexity index is 2940. The van der Waals surface area contributed by atoms with Gasteiger partial charge < -0.3 is 14.0 Å². The Kier molecular flexibility index (Phi) is 6.68. The van der Waals surface area contributed by atoms with E-state index < -0.39 is 0 Å². The second kappa shape index (κ2) is 11.9. The largest absolute Gasteiger partial charge is 0.333 e. The van der Waals surface area contributed by atoms with Crippen LogP contribution in [0, 0.1) is 5.92 Å². The smallest absolute Gasteiger partial charge is 0.0623 e. The average molecular weight is 678 g/mol. The van der Waals surface area contributed by atoms with Gasteiger partial charge in [-0.25, -0.2) is 0 Å². The van der Waals surface area contributed by atoms with E-state index in [2.05, 4.69) is 214 Å². The quantitative estimate of drug-likeness (QED) is 0.177. The van der Waals surface area contributed by atoms with E-state index in [1.807, 2.05) is 0 Å². The molecule has 1 aliphatic heterocycles. The molecule has 2 unspecified atom stereocenters. The van der Waals surface area contributed by atoms with Crippen LogP contribution in [-0.2, 0) is 0 Å². The maximum atomic E-state index is 2.48. The first-order valence-electron chi connectivity index (χ1n) is 18.4. The molecular weight excluding hydrogens is 643 g/mol. The van der Waals surface area contributed by atoms with Gasteiger partial charge in [-0.15, -0.1) is 0 Å². The van der Waals surface area contributed by atoms with Crippen molar-refractivity contribution in [1.29, 1.82) is 0 Å². The first-order chi connectivity index (χ1) is 26.3. The topological polar surface area (TPSA) is 13.1 Å². The molecule has 2 aliphatic rings. The molecule has 0 fully saturated rings. The van der Waals surface area contributed by atoms with E-state index in [0.29, 0.717) is 5.92 Å². The standard InChI is InChI=1S/C50H35N3/c1-3-14-38(15-4-1)51-45-20-10-7-13-37(45)33-50(51)34-23-27-40(28-24-34)53-47-22-12-9-19-42(47)44-32-36(26-30-49(44)53)35-25-29-48-43(31-35)41-18-8-11-21-46(41)52(48)39-16-5-2-6-17-39/h1-33,37,45H. The molecule has 3 heterocycles. The van der Waals surface area contributed by atoms with Gasteiger partial charge in [0.15, 0.2) is 0 Å². The Balaban J connectivity index is 1.01. The number of anilines is 1. The van der Waals surface area contributed by atoms with Crippen LogP contribution in [0.4, 0.5) is 5.69 Å². The SMILES string of the molecule is C1=CC2C=C(c3ccc(-n4c5ccccc5c5cc(-c6ccc7c(c6)c6ccccc6n7-c6ccccc6)ccc54)cc3)N(c3ccccc3)C2C=C1. The van der Waals surface area contributed by atoms with Crippen LogP contribution >= 0.6 is 0 Å². The predicted molar refractivity (Wildman–Crippen MR) is 223 cm³/mol. The van der Waals surface area contributed by atoms with Crippen molar-refractivity contribution in [2.24, 2.45) is 5.92 Å². The third kappa shape index (κ3) is 4.67. The summed E-state index contributed by atoms with van der Waals surface area (Å²) in [5.74, 6) is 0.352. The Hall–Kier alpha value is -6.84. The van der Waals surface area contributed by atoms with E-state index in [0.717, 1.165) is 5.69 Å². The zero-order valence-electron chi connectivity index (χ0n) is 29.0. The maximum Gasteiger partial charge on any atom is 0.0623 e. The molecule has 0 saturated carbocycles. The zero-order valence-corrected chi connectivity index (χ0v) is 29.0. The molecule has 0 saturated heterocycles. The monoisotopic (exact) mass is 677 g/mol. The fourth-order valence-corrected chi connectivity index (χ4v) is 8.80. The van der Waals surface area contributed by atoms with Gasteiger partial charge in [0.2, 0.25) is 0 Å². The minimum absolute atomic E-state index is 0.284. The Labute approximate surface area is 308 Å². The normalized spacial score (nSPS) is 16.6. The van der Waals surface area contributed by atoms with Gasteiger partial charge in [0, 0.05) is 50.2 Å². The summed E-state index contributed by atoms with van der Waals surface area (Å²) in [6.45, 7) is 0. The number of fused-ring (bicyclic) bond motifs is 7. The first kappa shape index (κ1) is 29.8. The highest BCUT2D eigenvalue weighted by atomic mass is 15.2. The van der Waals surface area contributed by atoms with Crippen LogP contribution in [-0.4, -0.2) is 15.2 Å². The van der Waals surface area contributed by atoms with Gasteiger partial charge >= 0.3 is 0 Å². The first-order valence-corrected chi connectivity index (χ1v) is 18.4. The third-order valence-corrected chi connectivity index (χ3v) is 11.2. The van der Waals surface area contributed by atoms with Crippen LogP contribution in [0.15, 0.2) is 200 Å². The van der Waals surface area contributed by atoms with Gasteiger partial charge in [0.25, 0.3) is 0 Å². The van der Waals surface area contributed by atoms with E-state index in [1.54, 1.807) is 0 Å². The molecular formula is C50H35N3. The van der Waals surface area contributed by atoms with Gasteiger partial charge in [-0.2, -0.15) is 0 Å². The number of para-hydroxylation sites is 4. The van der Waals surface area contributed by atoms with Crippen molar-refractivity contribution in [3.8, 4) is 22.5 Å². The fourth-order valence-electron chi connectivity index (χ4n) is 8.80. The average Bonchev–Trinajstić information content (AvgIpc) is 3.89. The highest BCUT2D eigenvalue weighted by Gasteiger charge is 2.34. The van der Waals surface area contributed by atoms with E-state index in [1.165, 1.54) is 77.4 Å². The lowest BCUT2D eigenvalue weighted by atomic mass is 9.97. The number of hydrogen-bond acceptors (Lipinski definition) is 1. The molecule has 0 amide bonds. The molecule has 9 aromatic rings. The summed E-state index contributed by atoms with van der Waals surface area (Å²) in [5.41, 5.74) is 13.3. The summed E-state index contributed by atoms with van der Waals surface area (Å²) in [6.07, 6.45) is 11.4. The summed E-state index contributed by atoms with van der Waals surface area (Å²) in [5, 5.41) is 5.04. The highest BCUT2D eigenvalue weighted by molar-refractivity contribution is 6.12. The second-order valence-corrected chi connectivity index (χ2v) is 14.1. The molecule has 3 heteroatoms. The molecule has 2 atom stereocenters. The molecule has 7 aromatic carbocycles. The van der Waals surface area contributed by atoms with Gasteiger partial charge in [-0.3, -0.25) is 0 Å². The number of nitrogens with zero attached hydrogens (tertiary/aromatic N) is 3. The number of allylic oxidation sites excluding steroid dienone is 2. The second-order valence-electron chi connectivity index (χ2n) is 14.1. The van der Waals surface area contributed by atoms with E-state index >= 15 is 0 Å². The molecule has 0 radical (unpaired) electrons. The van der Waals surface area contributed by atoms with Crippen molar-refractivity contribution in [2.75, 3.05) is 4.90 Å². The summed E-state index contributed by atoms with van der Waals surface area (Å²) in [6, 6.07) is 62.3. The summed E-state index contributed by atoms with van der Waals surface area (Å²) < 4.78 is 4.79. The number of hydrogen-bond donors (Lipinski definition) is 0. The van der Waals surface area contributed by atoms with Crippen LogP contribution in [0.5, 0.6) is 0 Å². The summed E-state index contributed by atoms with van der Waals surface area (Å²) >= 11 is 0. The van der Waals surface area contributed by atoms with Crippen molar-refractivity contribution in [2.45, 2.75) is 6.04 Å². The number of aromatic nitrogens is 2. The lowest BCUT2D eigenvalue weighted by Gasteiger charge is -2.31. The van der Waals surface area contributed by atoms with Gasteiger partial charge in [0.05, 0.1) is 28.1 Å². The summed E-state index contributed by atoms with van der Waals surface area (Å²) in [7, 11) is 0.